The average molecular weight is 556 g/mol. The first kappa shape index (κ1) is 27.4. The van der Waals surface area contributed by atoms with Gasteiger partial charge in [-0.25, -0.2) is 0 Å². The fraction of sp³-hybridized carbons (Fsp3) is 0.424. The number of carbonyl (C=O) groups is 3. The van der Waals surface area contributed by atoms with Crippen LogP contribution in [0.15, 0.2) is 85.0 Å². The van der Waals surface area contributed by atoms with Crippen molar-refractivity contribution in [3.8, 4) is 0 Å². The summed E-state index contributed by atoms with van der Waals surface area (Å²) in [5, 5.41) is 9.18. The van der Waals surface area contributed by atoms with Crippen LogP contribution in [0.4, 0.5) is 5.69 Å². The molecule has 4 heterocycles. The van der Waals surface area contributed by atoms with Gasteiger partial charge in [-0.1, -0.05) is 85.7 Å². The fourth-order valence-corrected chi connectivity index (χ4v) is 6.96. The Morgan fingerprint density at radius 3 is 2.32 bits per heavy atom. The van der Waals surface area contributed by atoms with Gasteiger partial charge in [0.25, 0.3) is 0 Å². The van der Waals surface area contributed by atoms with Crippen molar-refractivity contribution in [2.45, 2.75) is 50.0 Å². The van der Waals surface area contributed by atoms with E-state index in [9.17, 15) is 19.5 Å². The lowest BCUT2D eigenvalue weighted by molar-refractivity contribution is -0.147. The van der Waals surface area contributed by atoms with Crippen LogP contribution in [0.2, 0.25) is 0 Å². The lowest BCUT2D eigenvalue weighted by Gasteiger charge is -2.35. The number of aliphatic hydroxyl groups excluding tert-OH is 1. The molecule has 4 aliphatic heterocycles. The number of hydrogen-bond donors (Lipinski definition) is 1. The smallest absolute Gasteiger partial charge is 0.249 e. The Kier molecular flexibility index (Phi) is 7.77. The summed E-state index contributed by atoms with van der Waals surface area (Å²) in [7, 11) is 0. The van der Waals surface area contributed by atoms with Gasteiger partial charge in [0, 0.05) is 38.5 Å². The molecular formula is C33H37N3O5. The lowest BCUT2D eigenvalue weighted by Crippen LogP contribution is -2.55. The number of hydrogen-bond acceptors (Lipinski definition) is 5. The topological polar surface area (TPSA) is 90.4 Å². The van der Waals surface area contributed by atoms with Crippen LogP contribution in [0, 0.1) is 11.8 Å². The number of unbranched alkanes of at least 4 members (excludes halogenated alkanes) is 3. The van der Waals surface area contributed by atoms with Crippen LogP contribution in [0.3, 0.4) is 0 Å². The van der Waals surface area contributed by atoms with Crippen molar-refractivity contribution in [3.63, 3.8) is 0 Å². The quantitative estimate of drug-likeness (QED) is 0.379. The van der Waals surface area contributed by atoms with Crippen LogP contribution < -0.4 is 4.90 Å². The third-order valence-electron chi connectivity index (χ3n) is 8.83. The highest BCUT2D eigenvalue weighted by Crippen LogP contribution is 2.53. The lowest BCUT2D eigenvalue weighted by atomic mass is 9.77. The molecule has 41 heavy (non-hydrogen) atoms. The van der Waals surface area contributed by atoms with Gasteiger partial charge in [-0.2, -0.15) is 0 Å². The zero-order valence-electron chi connectivity index (χ0n) is 23.2. The summed E-state index contributed by atoms with van der Waals surface area (Å²) < 4.78 is 6.75. The maximum atomic E-state index is 14.4. The van der Waals surface area contributed by atoms with Crippen LogP contribution in [-0.2, 0) is 25.7 Å². The van der Waals surface area contributed by atoms with Crippen molar-refractivity contribution in [1.82, 2.24) is 9.80 Å². The minimum Gasteiger partial charge on any atom is -0.396 e. The summed E-state index contributed by atoms with van der Waals surface area (Å²) in [5.41, 5.74) is 0.559. The van der Waals surface area contributed by atoms with E-state index in [4.69, 9.17) is 4.74 Å². The molecule has 8 nitrogen and oxygen atoms in total. The fourth-order valence-electron chi connectivity index (χ4n) is 6.96. The summed E-state index contributed by atoms with van der Waals surface area (Å²) in [6, 6.07) is 18.5. The van der Waals surface area contributed by atoms with E-state index in [0.29, 0.717) is 39.0 Å². The highest BCUT2D eigenvalue weighted by Gasteiger charge is 2.71. The SMILES string of the molecule is O=C1C2N(CCCCCCO)C(=O)[C@@H]3[C@H]4C(=O)N(c5ccccc5)CC=C[C@H]4O[C@]23C=CCN1Cc1ccccc1. The van der Waals surface area contributed by atoms with Crippen LogP contribution >= 0.6 is 0 Å². The van der Waals surface area contributed by atoms with Crippen molar-refractivity contribution in [1.29, 1.82) is 0 Å². The molecule has 0 radical (unpaired) electrons. The number of carbonyl (C=O) groups excluding carboxylic acids is 3. The van der Waals surface area contributed by atoms with Gasteiger partial charge in [0.15, 0.2) is 0 Å². The average Bonchev–Trinajstić information content (AvgIpc) is 3.30. The van der Waals surface area contributed by atoms with Crippen molar-refractivity contribution < 1.29 is 24.2 Å². The molecule has 0 bridgehead atoms. The Morgan fingerprint density at radius 1 is 0.829 bits per heavy atom. The Balaban J connectivity index is 1.36. The summed E-state index contributed by atoms with van der Waals surface area (Å²) in [6.45, 7) is 1.76. The summed E-state index contributed by atoms with van der Waals surface area (Å²) in [4.78, 5) is 48.1. The molecule has 2 saturated heterocycles. The van der Waals surface area contributed by atoms with Crippen LogP contribution in [-0.4, -0.2) is 76.6 Å². The zero-order chi connectivity index (χ0) is 28.4. The largest absolute Gasteiger partial charge is 0.396 e. The van der Waals surface area contributed by atoms with Gasteiger partial charge in [-0.05, 0) is 30.5 Å². The summed E-state index contributed by atoms with van der Waals surface area (Å²) in [6.07, 6.45) is 10.2. The Labute approximate surface area is 240 Å². The second-order valence-electron chi connectivity index (χ2n) is 11.3. The number of aliphatic hydroxyl groups is 1. The van der Waals surface area contributed by atoms with E-state index in [1.54, 1.807) is 14.7 Å². The molecule has 2 aromatic rings. The van der Waals surface area contributed by atoms with E-state index >= 15 is 0 Å². The molecule has 0 aliphatic carbocycles. The number of likely N-dealkylation sites (tertiary alicyclic amines) is 1. The number of fused-ring (bicyclic) bond motifs is 2. The molecule has 214 valence electrons. The van der Waals surface area contributed by atoms with Gasteiger partial charge in [0.05, 0.1) is 17.9 Å². The Morgan fingerprint density at radius 2 is 1.56 bits per heavy atom. The molecular weight excluding hydrogens is 518 g/mol. The van der Waals surface area contributed by atoms with E-state index in [0.717, 1.165) is 24.1 Å². The van der Waals surface area contributed by atoms with Gasteiger partial charge < -0.3 is 24.5 Å². The van der Waals surface area contributed by atoms with Crippen LogP contribution in [0.25, 0.3) is 0 Å². The van der Waals surface area contributed by atoms with Crippen molar-refractivity contribution in [3.05, 3.63) is 90.5 Å². The second-order valence-corrected chi connectivity index (χ2v) is 11.3. The summed E-state index contributed by atoms with van der Waals surface area (Å²) in [5.74, 6) is -2.04. The minimum atomic E-state index is -1.22. The third kappa shape index (κ3) is 4.89. The molecule has 1 unspecified atom stereocenters. The number of nitrogens with zero attached hydrogens (tertiary/aromatic N) is 3. The number of para-hydroxylation sites is 1. The zero-order valence-corrected chi connectivity index (χ0v) is 23.2. The second kappa shape index (κ2) is 11.6. The van der Waals surface area contributed by atoms with E-state index in [1.807, 2.05) is 85.0 Å². The van der Waals surface area contributed by atoms with Gasteiger partial charge in [-0.3, -0.25) is 14.4 Å². The van der Waals surface area contributed by atoms with Gasteiger partial charge in [0.1, 0.15) is 11.6 Å². The maximum absolute atomic E-state index is 14.4. The van der Waals surface area contributed by atoms with E-state index < -0.39 is 29.6 Å². The minimum absolute atomic E-state index is 0.138. The van der Waals surface area contributed by atoms with Crippen LogP contribution in [0.5, 0.6) is 0 Å². The van der Waals surface area contributed by atoms with Crippen LogP contribution in [0.1, 0.15) is 31.2 Å². The number of benzene rings is 2. The standard InChI is InChI=1S/C33H37N3O5/c37-22-10-2-1-9-20-36-29-32(40)34(23-24-13-5-3-6-14-24)19-12-18-33(29)28(31(36)39)27-26(41-33)17-11-21-35(30(27)38)25-15-7-4-8-16-25/h3-8,11-18,26-29,37H,1-2,9-10,19-23H2/t26-,27+,28+,29?,33+/m1/s1. The summed E-state index contributed by atoms with van der Waals surface area (Å²) >= 11 is 0. The van der Waals surface area contributed by atoms with E-state index in [2.05, 4.69) is 0 Å². The maximum Gasteiger partial charge on any atom is 0.249 e. The highest BCUT2D eigenvalue weighted by molar-refractivity contribution is 6.03. The number of ether oxygens (including phenoxy) is 1. The Bertz CT molecular complexity index is 1330. The van der Waals surface area contributed by atoms with Crippen molar-refractivity contribution in [2.75, 3.05) is 31.1 Å². The molecule has 4 aliphatic rings. The molecule has 0 aromatic heterocycles. The first-order valence-corrected chi connectivity index (χ1v) is 14.7. The van der Waals surface area contributed by atoms with Crippen molar-refractivity contribution >= 4 is 23.4 Å². The molecule has 2 aromatic carbocycles. The van der Waals surface area contributed by atoms with E-state index in [1.165, 1.54) is 0 Å². The third-order valence-corrected chi connectivity index (χ3v) is 8.83. The van der Waals surface area contributed by atoms with Gasteiger partial charge in [0.2, 0.25) is 17.7 Å². The molecule has 3 amide bonds. The molecule has 0 saturated carbocycles. The molecule has 2 fully saturated rings. The molecule has 1 spiro atoms. The van der Waals surface area contributed by atoms with Gasteiger partial charge in [-0.15, -0.1) is 0 Å². The normalized spacial score (nSPS) is 28.9. The predicted octanol–water partition coefficient (Wildman–Crippen LogP) is 3.32. The first-order chi connectivity index (χ1) is 20.0. The first-order valence-electron chi connectivity index (χ1n) is 14.7. The van der Waals surface area contributed by atoms with Gasteiger partial charge >= 0.3 is 0 Å². The molecule has 1 N–H and O–H groups in total. The highest BCUT2D eigenvalue weighted by atomic mass is 16.5. The molecule has 8 heteroatoms. The Hall–Kier alpha value is -3.75. The van der Waals surface area contributed by atoms with E-state index in [-0.39, 0.29) is 24.3 Å². The number of anilines is 1. The van der Waals surface area contributed by atoms with Crippen molar-refractivity contribution in [2.24, 2.45) is 11.8 Å². The molecule has 6 rings (SSSR count). The number of rotatable bonds is 9. The number of amides is 3. The predicted molar refractivity (Wildman–Crippen MR) is 155 cm³/mol. The molecule has 5 atom stereocenters. The monoisotopic (exact) mass is 555 g/mol.